The molecule has 0 spiro atoms. The highest BCUT2D eigenvalue weighted by molar-refractivity contribution is 6.30. The first-order chi connectivity index (χ1) is 10.9. The van der Waals surface area contributed by atoms with E-state index in [4.69, 9.17) is 16.9 Å². The highest BCUT2D eigenvalue weighted by Gasteiger charge is 2.21. The highest BCUT2D eigenvalue weighted by Crippen LogP contribution is 2.23. The predicted octanol–water partition coefficient (Wildman–Crippen LogP) is 4.31. The Morgan fingerprint density at radius 3 is 2.30 bits per heavy atom. The first-order valence-electron chi connectivity index (χ1n) is 7.22. The number of amides is 2. The van der Waals surface area contributed by atoms with Crippen molar-refractivity contribution in [2.45, 2.75) is 19.3 Å². The van der Waals surface area contributed by atoms with Crippen LogP contribution in [-0.2, 0) is 5.41 Å². The topological polar surface area (TPSA) is 64.9 Å². The van der Waals surface area contributed by atoms with Crippen LogP contribution in [0, 0.1) is 11.3 Å². The largest absolute Gasteiger partial charge is 0.337 e. The Morgan fingerprint density at radius 2 is 1.74 bits per heavy atom. The molecule has 0 heterocycles. The van der Waals surface area contributed by atoms with Crippen LogP contribution in [0.15, 0.2) is 48.5 Å². The van der Waals surface area contributed by atoms with E-state index < -0.39 is 0 Å². The summed E-state index contributed by atoms with van der Waals surface area (Å²) in [5.74, 6) is 0. The number of hydrogen-bond donors (Lipinski definition) is 2. The second-order valence-corrected chi connectivity index (χ2v) is 6.32. The van der Waals surface area contributed by atoms with Crippen LogP contribution in [0.4, 0.5) is 10.5 Å². The van der Waals surface area contributed by atoms with Crippen molar-refractivity contribution in [2.75, 3.05) is 11.9 Å². The minimum Gasteiger partial charge on any atom is -0.337 e. The number of urea groups is 1. The molecule has 2 amide bonds. The minimum absolute atomic E-state index is 0.216. The monoisotopic (exact) mass is 327 g/mol. The van der Waals surface area contributed by atoms with Crippen LogP contribution >= 0.6 is 11.6 Å². The van der Waals surface area contributed by atoms with E-state index in [9.17, 15) is 4.79 Å². The molecule has 0 fully saturated rings. The van der Waals surface area contributed by atoms with Crippen LogP contribution in [0.5, 0.6) is 0 Å². The molecule has 118 valence electrons. The quantitative estimate of drug-likeness (QED) is 0.878. The zero-order valence-corrected chi connectivity index (χ0v) is 13.8. The maximum atomic E-state index is 12.0. The minimum atomic E-state index is -0.281. The van der Waals surface area contributed by atoms with Crippen molar-refractivity contribution in [1.29, 1.82) is 5.26 Å². The Balaban J connectivity index is 1.92. The molecule has 0 aliphatic carbocycles. The predicted molar refractivity (Wildman–Crippen MR) is 92.7 cm³/mol. The van der Waals surface area contributed by atoms with Gasteiger partial charge < -0.3 is 10.6 Å². The lowest BCUT2D eigenvalue weighted by Gasteiger charge is -2.25. The number of carbonyl (C=O) groups is 1. The average Bonchev–Trinajstić information content (AvgIpc) is 2.54. The van der Waals surface area contributed by atoms with Gasteiger partial charge in [-0.1, -0.05) is 37.6 Å². The van der Waals surface area contributed by atoms with Gasteiger partial charge in [-0.15, -0.1) is 0 Å². The molecule has 2 aromatic carbocycles. The first kappa shape index (κ1) is 16.9. The summed E-state index contributed by atoms with van der Waals surface area (Å²) in [4.78, 5) is 12.0. The van der Waals surface area contributed by atoms with E-state index >= 15 is 0 Å². The van der Waals surface area contributed by atoms with Crippen LogP contribution < -0.4 is 10.6 Å². The number of nitrogens with zero attached hydrogens (tertiary/aromatic N) is 1. The Bertz CT molecular complexity index is 715. The lowest BCUT2D eigenvalue weighted by atomic mass is 9.85. The second kappa shape index (κ2) is 7.17. The Kier molecular flexibility index (Phi) is 5.25. The van der Waals surface area contributed by atoms with Crippen molar-refractivity contribution >= 4 is 23.3 Å². The Morgan fingerprint density at radius 1 is 1.13 bits per heavy atom. The molecule has 4 nitrogen and oxygen atoms in total. The highest BCUT2D eigenvalue weighted by atomic mass is 35.5. The zero-order chi connectivity index (χ0) is 16.9. The van der Waals surface area contributed by atoms with Crippen molar-refractivity contribution in [3.63, 3.8) is 0 Å². The van der Waals surface area contributed by atoms with Gasteiger partial charge >= 0.3 is 6.03 Å². The van der Waals surface area contributed by atoms with Crippen LogP contribution in [-0.4, -0.2) is 12.6 Å². The van der Waals surface area contributed by atoms with E-state index in [1.165, 1.54) is 0 Å². The summed E-state index contributed by atoms with van der Waals surface area (Å²) >= 11 is 5.90. The molecule has 0 unspecified atom stereocenters. The molecule has 0 radical (unpaired) electrons. The number of anilines is 1. The van der Waals surface area contributed by atoms with Crippen molar-refractivity contribution in [2.24, 2.45) is 0 Å². The summed E-state index contributed by atoms with van der Waals surface area (Å²) in [6, 6.07) is 16.1. The van der Waals surface area contributed by atoms with Crippen LogP contribution in [0.1, 0.15) is 25.0 Å². The maximum absolute atomic E-state index is 12.0. The van der Waals surface area contributed by atoms with Crippen molar-refractivity contribution in [3.05, 3.63) is 64.7 Å². The molecule has 2 N–H and O–H groups in total. The van der Waals surface area contributed by atoms with Gasteiger partial charge in [0.05, 0.1) is 11.6 Å². The second-order valence-electron chi connectivity index (χ2n) is 5.89. The smallest absolute Gasteiger partial charge is 0.319 e. The average molecular weight is 328 g/mol. The van der Waals surface area contributed by atoms with E-state index in [1.807, 2.05) is 30.3 Å². The van der Waals surface area contributed by atoms with Crippen molar-refractivity contribution < 1.29 is 4.79 Å². The lowest BCUT2D eigenvalue weighted by Crippen LogP contribution is -2.38. The summed E-state index contributed by atoms with van der Waals surface area (Å²) in [5.41, 5.74) is 2.08. The molecule has 0 saturated heterocycles. The van der Waals surface area contributed by atoms with Gasteiger partial charge in [0.15, 0.2) is 0 Å². The molecule has 0 aliphatic rings. The lowest BCUT2D eigenvalue weighted by molar-refractivity contribution is 0.249. The molecular weight excluding hydrogens is 310 g/mol. The molecule has 23 heavy (non-hydrogen) atoms. The first-order valence-corrected chi connectivity index (χ1v) is 7.59. The fraction of sp³-hybridized carbons (Fsp3) is 0.222. The summed E-state index contributed by atoms with van der Waals surface area (Å²) in [5, 5.41) is 15.1. The molecule has 5 heteroatoms. The van der Waals surface area contributed by atoms with Gasteiger partial charge in [-0.05, 0) is 42.0 Å². The number of hydrogen-bond acceptors (Lipinski definition) is 2. The summed E-state index contributed by atoms with van der Waals surface area (Å²) in [6.07, 6.45) is 0. The fourth-order valence-electron chi connectivity index (χ4n) is 2.11. The molecule has 0 bridgehead atoms. The number of nitrogens with one attached hydrogen (secondary N) is 2. The SMILES string of the molecule is CC(C)(CNC(=O)Nc1ccc(C#N)cc1)c1ccc(Cl)cc1. The van der Waals surface area contributed by atoms with E-state index in [-0.39, 0.29) is 11.4 Å². The third-order valence-electron chi connectivity index (χ3n) is 3.59. The molecular formula is C18H18ClN3O. The molecule has 2 aromatic rings. The van der Waals surface area contributed by atoms with E-state index in [1.54, 1.807) is 24.3 Å². The summed E-state index contributed by atoms with van der Waals surface area (Å²) in [6.45, 7) is 4.59. The van der Waals surface area contributed by atoms with Gasteiger partial charge in [-0.25, -0.2) is 4.79 Å². The molecule has 0 atom stereocenters. The van der Waals surface area contributed by atoms with E-state index in [2.05, 4.69) is 24.5 Å². The van der Waals surface area contributed by atoms with Gasteiger partial charge in [-0.2, -0.15) is 5.26 Å². The van der Waals surface area contributed by atoms with Crippen LogP contribution in [0.25, 0.3) is 0 Å². The number of halogens is 1. The molecule has 0 aliphatic heterocycles. The number of carbonyl (C=O) groups excluding carboxylic acids is 1. The van der Waals surface area contributed by atoms with Gasteiger partial charge in [0, 0.05) is 22.7 Å². The molecule has 0 saturated carbocycles. The maximum Gasteiger partial charge on any atom is 0.319 e. The van der Waals surface area contributed by atoms with E-state index in [0.29, 0.717) is 22.8 Å². The normalized spacial score (nSPS) is 10.7. The van der Waals surface area contributed by atoms with Gasteiger partial charge in [0.25, 0.3) is 0 Å². The number of benzene rings is 2. The third kappa shape index (κ3) is 4.73. The molecule has 2 rings (SSSR count). The van der Waals surface area contributed by atoms with E-state index in [0.717, 1.165) is 5.56 Å². The number of rotatable bonds is 4. The fourth-order valence-corrected chi connectivity index (χ4v) is 2.23. The third-order valence-corrected chi connectivity index (χ3v) is 3.84. The summed E-state index contributed by atoms with van der Waals surface area (Å²) in [7, 11) is 0. The van der Waals surface area contributed by atoms with Crippen LogP contribution in [0.2, 0.25) is 5.02 Å². The van der Waals surface area contributed by atoms with Gasteiger partial charge in [0.2, 0.25) is 0 Å². The van der Waals surface area contributed by atoms with Gasteiger partial charge in [0.1, 0.15) is 0 Å². The van der Waals surface area contributed by atoms with Gasteiger partial charge in [-0.3, -0.25) is 0 Å². The summed E-state index contributed by atoms with van der Waals surface area (Å²) < 4.78 is 0. The van der Waals surface area contributed by atoms with Crippen molar-refractivity contribution in [1.82, 2.24) is 5.32 Å². The molecule has 0 aromatic heterocycles. The standard InChI is InChI=1S/C18H18ClN3O/c1-18(2,14-5-7-15(19)8-6-14)12-21-17(23)22-16-9-3-13(11-20)4-10-16/h3-10H,12H2,1-2H3,(H2,21,22,23). The zero-order valence-electron chi connectivity index (χ0n) is 13.1. The van der Waals surface area contributed by atoms with Crippen LogP contribution in [0.3, 0.4) is 0 Å². The van der Waals surface area contributed by atoms with Crippen molar-refractivity contribution in [3.8, 4) is 6.07 Å². The Labute approximate surface area is 141 Å². The number of nitriles is 1. The Hall–Kier alpha value is -2.51.